The van der Waals surface area contributed by atoms with Crippen LogP contribution in [0.3, 0.4) is 0 Å². The van der Waals surface area contributed by atoms with Crippen LogP contribution in [0.15, 0.2) is 29.3 Å². The van der Waals surface area contributed by atoms with Crippen LogP contribution in [-0.4, -0.2) is 37.1 Å². The van der Waals surface area contributed by atoms with Gasteiger partial charge in [-0.05, 0) is 50.3 Å². The number of carbonyl (C=O) groups is 1. The number of ether oxygens (including phenoxy) is 1. The van der Waals surface area contributed by atoms with Crippen LogP contribution < -0.4 is 20.7 Å². The maximum Gasteiger partial charge on any atom is 0.258 e. The summed E-state index contributed by atoms with van der Waals surface area (Å²) in [7, 11) is 0. The summed E-state index contributed by atoms with van der Waals surface area (Å²) in [5.41, 5.74) is 1.07. The van der Waals surface area contributed by atoms with Gasteiger partial charge in [0, 0.05) is 18.6 Å². The van der Waals surface area contributed by atoms with Gasteiger partial charge in [-0.2, -0.15) is 0 Å². The summed E-state index contributed by atoms with van der Waals surface area (Å²) in [6.45, 7) is 3.57. The van der Waals surface area contributed by atoms with Gasteiger partial charge in [-0.25, -0.2) is 4.99 Å². The molecule has 7 heteroatoms. The highest BCUT2D eigenvalue weighted by Gasteiger charge is 2.23. The molecule has 2 saturated carbocycles. The molecule has 0 atom stereocenters. The molecular weight excluding hydrogens is 467 g/mol. The molecule has 0 spiro atoms. The van der Waals surface area contributed by atoms with Crippen LogP contribution in [0.5, 0.6) is 5.75 Å². The lowest BCUT2D eigenvalue weighted by Gasteiger charge is -2.24. The fourth-order valence-electron chi connectivity index (χ4n) is 3.31. The third-order valence-electron chi connectivity index (χ3n) is 4.92. The molecule has 28 heavy (non-hydrogen) atoms. The van der Waals surface area contributed by atoms with Crippen molar-refractivity contribution in [2.24, 2.45) is 4.99 Å². The average molecular weight is 500 g/mol. The molecule has 0 radical (unpaired) electrons. The molecule has 1 aromatic carbocycles. The van der Waals surface area contributed by atoms with Crippen molar-refractivity contribution in [1.82, 2.24) is 16.0 Å². The van der Waals surface area contributed by atoms with Crippen LogP contribution in [0.2, 0.25) is 0 Å². The standard InChI is InChI=1S/C21H32N4O2.HI/c1-2-22-21(25-17-8-4-3-5-9-17)23-14-16-7-6-10-19(13-16)27-15-20(26)24-18-11-12-18;/h6-7,10,13,17-18H,2-5,8-9,11-12,14-15H2,1H3,(H,24,26)(H2,22,23,25);1H. The maximum atomic E-state index is 11.8. The molecular formula is C21H33IN4O2. The van der Waals surface area contributed by atoms with Crippen molar-refractivity contribution < 1.29 is 9.53 Å². The van der Waals surface area contributed by atoms with E-state index in [4.69, 9.17) is 9.73 Å². The van der Waals surface area contributed by atoms with Gasteiger partial charge in [0.15, 0.2) is 12.6 Å². The lowest BCUT2D eigenvalue weighted by atomic mass is 9.96. The Morgan fingerprint density at radius 2 is 1.86 bits per heavy atom. The van der Waals surface area contributed by atoms with Crippen LogP contribution in [0.1, 0.15) is 57.4 Å². The predicted octanol–water partition coefficient (Wildman–Crippen LogP) is 3.35. The van der Waals surface area contributed by atoms with E-state index in [1.54, 1.807) is 0 Å². The smallest absolute Gasteiger partial charge is 0.258 e. The second-order valence-electron chi connectivity index (χ2n) is 7.45. The van der Waals surface area contributed by atoms with Gasteiger partial charge in [0.1, 0.15) is 5.75 Å². The number of amides is 1. The molecule has 2 fully saturated rings. The molecule has 3 N–H and O–H groups in total. The molecule has 0 unspecified atom stereocenters. The molecule has 2 aliphatic rings. The van der Waals surface area contributed by atoms with Gasteiger partial charge < -0.3 is 20.7 Å². The van der Waals surface area contributed by atoms with E-state index in [0.29, 0.717) is 24.4 Å². The van der Waals surface area contributed by atoms with Gasteiger partial charge in [-0.3, -0.25) is 4.79 Å². The highest BCUT2D eigenvalue weighted by Crippen LogP contribution is 2.19. The molecule has 0 heterocycles. The first-order valence-corrected chi connectivity index (χ1v) is 10.3. The van der Waals surface area contributed by atoms with Crippen LogP contribution in [-0.2, 0) is 11.3 Å². The molecule has 6 nitrogen and oxygen atoms in total. The maximum absolute atomic E-state index is 11.8. The van der Waals surface area contributed by atoms with Crippen molar-refractivity contribution in [2.75, 3.05) is 13.2 Å². The van der Waals surface area contributed by atoms with E-state index in [9.17, 15) is 4.79 Å². The van der Waals surface area contributed by atoms with Gasteiger partial charge in [-0.15, -0.1) is 24.0 Å². The summed E-state index contributed by atoms with van der Waals surface area (Å²) in [5, 5.41) is 9.82. The number of halogens is 1. The first-order valence-electron chi connectivity index (χ1n) is 10.3. The van der Waals surface area contributed by atoms with Crippen LogP contribution in [0.25, 0.3) is 0 Å². The average Bonchev–Trinajstić information content (AvgIpc) is 3.50. The summed E-state index contributed by atoms with van der Waals surface area (Å²) >= 11 is 0. The fraction of sp³-hybridized carbons (Fsp3) is 0.619. The molecule has 0 aromatic heterocycles. The van der Waals surface area contributed by atoms with Gasteiger partial charge in [0.25, 0.3) is 5.91 Å². The SMILES string of the molecule is CCNC(=NCc1cccc(OCC(=O)NC2CC2)c1)NC1CCCCC1.I. The number of guanidine groups is 1. The number of hydrogen-bond donors (Lipinski definition) is 3. The highest BCUT2D eigenvalue weighted by atomic mass is 127. The van der Waals surface area contributed by atoms with Crippen molar-refractivity contribution >= 4 is 35.8 Å². The summed E-state index contributed by atoms with van der Waals surface area (Å²) in [6, 6.07) is 8.70. The molecule has 3 rings (SSSR count). The van der Waals surface area contributed by atoms with E-state index >= 15 is 0 Å². The molecule has 0 saturated heterocycles. The Bertz CT molecular complexity index is 643. The molecule has 2 aliphatic carbocycles. The molecule has 1 amide bonds. The molecule has 0 aliphatic heterocycles. The lowest BCUT2D eigenvalue weighted by Crippen LogP contribution is -2.44. The Morgan fingerprint density at radius 1 is 1.11 bits per heavy atom. The number of carbonyl (C=O) groups excluding carboxylic acids is 1. The first kappa shape index (κ1) is 22.8. The third-order valence-corrected chi connectivity index (χ3v) is 4.92. The number of benzene rings is 1. The number of nitrogens with zero attached hydrogens (tertiary/aromatic N) is 1. The summed E-state index contributed by atoms with van der Waals surface area (Å²) < 4.78 is 5.62. The van der Waals surface area contributed by atoms with Crippen LogP contribution in [0, 0.1) is 0 Å². The number of aliphatic imine (C=N–C) groups is 1. The number of nitrogens with one attached hydrogen (secondary N) is 3. The van der Waals surface area contributed by atoms with Crippen molar-refractivity contribution in [3.05, 3.63) is 29.8 Å². The second kappa shape index (κ2) is 12.1. The third kappa shape index (κ3) is 8.24. The molecule has 156 valence electrons. The molecule has 0 bridgehead atoms. The van der Waals surface area contributed by atoms with Crippen molar-refractivity contribution in [3.8, 4) is 5.75 Å². The normalized spacial score (nSPS) is 17.4. The van der Waals surface area contributed by atoms with E-state index in [1.165, 1.54) is 32.1 Å². The van der Waals surface area contributed by atoms with E-state index in [2.05, 4.69) is 22.9 Å². The highest BCUT2D eigenvalue weighted by molar-refractivity contribution is 14.0. The summed E-state index contributed by atoms with van der Waals surface area (Å²) in [4.78, 5) is 16.5. The van der Waals surface area contributed by atoms with Gasteiger partial charge in [0.2, 0.25) is 0 Å². The quantitative estimate of drug-likeness (QED) is 0.291. The second-order valence-corrected chi connectivity index (χ2v) is 7.45. The van der Waals surface area contributed by atoms with Gasteiger partial charge in [0.05, 0.1) is 6.54 Å². The monoisotopic (exact) mass is 500 g/mol. The van der Waals surface area contributed by atoms with E-state index in [-0.39, 0.29) is 36.5 Å². The summed E-state index contributed by atoms with van der Waals surface area (Å²) in [5.74, 6) is 1.53. The van der Waals surface area contributed by atoms with Gasteiger partial charge in [-0.1, -0.05) is 31.4 Å². The zero-order valence-electron chi connectivity index (χ0n) is 16.7. The largest absolute Gasteiger partial charge is 0.484 e. The first-order chi connectivity index (χ1) is 13.2. The Hall–Kier alpha value is -1.51. The topological polar surface area (TPSA) is 74.8 Å². The zero-order valence-corrected chi connectivity index (χ0v) is 19.0. The van der Waals surface area contributed by atoms with Crippen LogP contribution in [0.4, 0.5) is 0 Å². The molecule has 1 aromatic rings. The fourth-order valence-corrected chi connectivity index (χ4v) is 3.31. The van der Waals surface area contributed by atoms with Crippen molar-refractivity contribution in [2.45, 2.75) is 70.5 Å². The minimum atomic E-state index is -0.0490. The Labute approximate surface area is 185 Å². The van der Waals surface area contributed by atoms with E-state index in [1.807, 2.05) is 24.3 Å². The number of rotatable bonds is 8. The van der Waals surface area contributed by atoms with Crippen molar-refractivity contribution in [3.63, 3.8) is 0 Å². The minimum absolute atomic E-state index is 0. The number of hydrogen-bond acceptors (Lipinski definition) is 3. The Balaban J connectivity index is 0.00000280. The van der Waals surface area contributed by atoms with Crippen LogP contribution >= 0.6 is 24.0 Å². The minimum Gasteiger partial charge on any atom is -0.484 e. The Kier molecular flexibility index (Phi) is 9.87. The predicted molar refractivity (Wildman–Crippen MR) is 123 cm³/mol. The zero-order chi connectivity index (χ0) is 18.9. The summed E-state index contributed by atoms with van der Waals surface area (Å²) in [6.07, 6.45) is 8.55. The van der Waals surface area contributed by atoms with Crippen molar-refractivity contribution in [1.29, 1.82) is 0 Å². The lowest BCUT2D eigenvalue weighted by molar-refractivity contribution is -0.123. The Morgan fingerprint density at radius 3 is 2.57 bits per heavy atom. The van der Waals surface area contributed by atoms with E-state index < -0.39 is 0 Å². The van der Waals surface area contributed by atoms with E-state index in [0.717, 1.165) is 30.9 Å². The van der Waals surface area contributed by atoms with Gasteiger partial charge >= 0.3 is 0 Å².